The van der Waals surface area contributed by atoms with Crippen LogP contribution in [0.2, 0.25) is 0 Å². The van der Waals surface area contributed by atoms with Gasteiger partial charge in [-0.1, -0.05) is 53.9 Å². The number of carbonyl (C=O) groups excluding carboxylic acids is 2. The highest BCUT2D eigenvalue weighted by atomic mass is 79.9. The van der Waals surface area contributed by atoms with Crippen molar-refractivity contribution in [3.05, 3.63) is 59.1 Å². The van der Waals surface area contributed by atoms with Crippen LogP contribution in [0, 0.1) is 5.92 Å². The molecule has 0 saturated carbocycles. The van der Waals surface area contributed by atoms with Crippen molar-refractivity contribution in [3.63, 3.8) is 0 Å². The van der Waals surface area contributed by atoms with Crippen molar-refractivity contribution >= 4 is 39.1 Å². The smallest absolute Gasteiger partial charge is 0.266 e. The van der Waals surface area contributed by atoms with Crippen LogP contribution in [0.25, 0.3) is 0 Å². The maximum Gasteiger partial charge on any atom is 0.266 e. The molecule has 5 nitrogen and oxygen atoms in total. The number of carbonyl (C=O) groups is 2. The van der Waals surface area contributed by atoms with E-state index in [0.29, 0.717) is 5.69 Å². The van der Waals surface area contributed by atoms with Gasteiger partial charge in [0.1, 0.15) is 0 Å². The number of anilines is 2. The summed E-state index contributed by atoms with van der Waals surface area (Å²) in [6.45, 7) is 2.12. The summed E-state index contributed by atoms with van der Waals surface area (Å²) < 4.78 is 0.901. The summed E-state index contributed by atoms with van der Waals surface area (Å²) in [6.07, 6.45) is 2.04. The van der Waals surface area contributed by atoms with E-state index in [9.17, 15) is 9.59 Å². The number of para-hydroxylation sites is 1. The fraction of sp³-hybridized carbons (Fsp3) is 0.333. The number of hydrogen-bond donors (Lipinski definition) is 0. The molecule has 2 aliphatic heterocycles. The Bertz CT molecular complexity index is 840. The Morgan fingerprint density at radius 1 is 0.963 bits per heavy atom. The van der Waals surface area contributed by atoms with Gasteiger partial charge >= 0.3 is 0 Å². The number of halogens is 1. The zero-order valence-electron chi connectivity index (χ0n) is 15.0. The lowest BCUT2D eigenvalue weighted by molar-refractivity contribution is -0.126. The van der Waals surface area contributed by atoms with Crippen molar-refractivity contribution in [1.29, 1.82) is 0 Å². The van der Waals surface area contributed by atoms with E-state index >= 15 is 0 Å². The highest BCUT2D eigenvalue weighted by molar-refractivity contribution is 9.10. The Hall–Kier alpha value is -2.18. The van der Waals surface area contributed by atoms with Crippen molar-refractivity contribution in [2.24, 2.45) is 5.92 Å². The maximum absolute atomic E-state index is 13.2. The van der Waals surface area contributed by atoms with E-state index in [1.54, 1.807) is 17.2 Å². The molecule has 140 valence electrons. The molecular formula is C21H21BrN2O3. The van der Waals surface area contributed by atoms with E-state index in [0.717, 1.165) is 29.4 Å². The summed E-state index contributed by atoms with van der Waals surface area (Å²) in [4.78, 5) is 33.6. The molecule has 6 heteroatoms. The number of unbranched alkanes of at least 4 members (excludes halogenated alkanes) is 1. The highest BCUT2D eigenvalue weighted by Gasteiger charge is 2.59. The van der Waals surface area contributed by atoms with Crippen molar-refractivity contribution in [2.45, 2.75) is 38.3 Å². The first-order valence-electron chi connectivity index (χ1n) is 9.26. The van der Waals surface area contributed by atoms with Crippen LogP contribution < -0.4 is 9.96 Å². The molecule has 2 aromatic rings. The summed E-state index contributed by atoms with van der Waals surface area (Å²) in [6, 6.07) is 16.8. The average Bonchev–Trinajstić information content (AvgIpc) is 3.18. The number of fused-ring (bicyclic) bond motifs is 1. The van der Waals surface area contributed by atoms with E-state index in [1.807, 2.05) is 42.5 Å². The molecule has 0 aliphatic carbocycles. The van der Waals surface area contributed by atoms with E-state index in [2.05, 4.69) is 22.9 Å². The summed E-state index contributed by atoms with van der Waals surface area (Å²) >= 11 is 3.38. The molecule has 2 aliphatic rings. The lowest BCUT2D eigenvalue weighted by Crippen LogP contribution is -2.40. The van der Waals surface area contributed by atoms with Crippen LogP contribution in [0.4, 0.5) is 11.4 Å². The Morgan fingerprint density at radius 3 is 2.33 bits per heavy atom. The largest absolute Gasteiger partial charge is 0.273 e. The van der Waals surface area contributed by atoms with Crippen LogP contribution in [0.5, 0.6) is 0 Å². The zero-order valence-corrected chi connectivity index (χ0v) is 16.6. The Kier molecular flexibility index (Phi) is 5.02. The normalized spacial score (nSPS) is 24.6. The minimum Gasteiger partial charge on any atom is -0.273 e. The van der Waals surface area contributed by atoms with Crippen LogP contribution in [-0.2, 0) is 14.4 Å². The Morgan fingerprint density at radius 2 is 1.67 bits per heavy atom. The van der Waals surface area contributed by atoms with Gasteiger partial charge in [-0.15, -0.1) is 0 Å². The molecule has 0 spiro atoms. The van der Waals surface area contributed by atoms with Gasteiger partial charge in [-0.25, -0.2) is 9.96 Å². The molecule has 2 fully saturated rings. The molecule has 2 saturated heterocycles. The Labute approximate surface area is 167 Å². The summed E-state index contributed by atoms with van der Waals surface area (Å²) in [5.41, 5.74) is 1.47. The van der Waals surface area contributed by atoms with Gasteiger partial charge in [0.05, 0.1) is 23.3 Å². The van der Waals surface area contributed by atoms with E-state index in [1.165, 1.54) is 4.90 Å². The minimum absolute atomic E-state index is 0.144. The van der Waals surface area contributed by atoms with Crippen molar-refractivity contribution in [3.8, 4) is 0 Å². The van der Waals surface area contributed by atoms with Crippen LogP contribution in [0.15, 0.2) is 59.1 Å². The second-order valence-corrected chi connectivity index (χ2v) is 7.83. The molecule has 2 heterocycles. The van der Waals surface area contributed by atoms with Crippen molar-refractivity contribution < 1.29 is 14.4 Å². The second kappa shape index (κ2) is 7.44. The molecule has 2 aromatic carbocycles. The molecule has 0 aromatic heterocycles. The SMILES string of the molecule is CCCC[C@@H]1[C@H]2C(=O)N(c3ccc(Br)cc3)C(=O)[C@H]2ON1c1ccccc1. The first-order valence-corrected chi connectivity index (χ1v) is 10.1. The van der Waals surface area contributed by atoms with E-state index < -0.39 is 12.0 Å². The number of imide groups is 1. The van der Waals surface area contributed by atoms with Gasteiger partial charge in [0.25, 0.3) is 5.91 Å². The van der Waals surface area contributed by atoms with Crippen LogP contribution in [0.3, 0.4) is 0 Å². The molecule has 4 rings (SSSR count). The molecule has 0 radical (unpaired) electrons. The highest BCUT2D eigenvalue weighted by Crippen LogP contribution is 2.42. The quantitative estimate of drug-likeness (QED) is 0.665. The number of hydroxylamine groups is 1. The van der Waals surface area contributed by atoms with E-state index in [-0.39, 0.29) is 17.9 Å². The van der Waals surface area contributed by atoms with Gasteiger partial charge in [-0.05, 0) is 42.8 Å². The van der Waals surface area contributed by atoms with Gasteiger partial charge in [0.15, 0.2) is 6.10 Å². The van der Waals surface area contributed by atoms with Crippen LogP contribution in [-0.4, -0.2) is 24.0 Å². The third-order valence-electron chi connectivity index (χ3n) is 5.19. The first-order chi connectivity index (χ1) is 13.1. The number of rotatable bonds is 5. The van der Waals surface area contributed by atoms with Gasteiger partial charge in [0, 0.05) is 4.47 Å². The maximum atomic E-state index is 13.2. The molecule has 0 N–H and O–H groups in total. The van der Waals surface area contributed by atoms with Gasteiger partial charge in [0.2, 0.25) is 5.91 Å². The third kappa shape index (κ3) is 3.17. The van der Waals surface area contributed by atoms with E-state index in [4.69, 9.17) is 4.84 Å². The van der Waals surface area contributed by atoms with Gasteiger partial charge in [-0.3, -0.25) is 14.4 Å². The molecule has 27 heavy (non-hydrogen) atoms. The number of benzene rings is 2. The number of nitrogens with zero attached hydrogens (tertiary/aromatic N) is 2. The van der Waals surface area contributed by atoms with Crippen molar-refractivity contribution in [2.75, 3.05) is 9.96 Å². The monoisotopic (exact) mass is 428 g/mol. The van der Waals surface area contributed by atoms with Crippen LogP contribution in [0.1, 0.15) is 26.2 Å². The minimum atomic E-state index is -0.761. The third-order valence-corrected chi connectivity index (χ3v) is 5.72. The fourth-order valence-corrected chi connectivity index (χ4v) is 4.14. The van der Waals surface area contributed by atoms with Crippen molar-refractivity contribution in [1.82, 2.24) is 0 Å². The Balaban J connectivity index is 1.66. The predicted molar refractivity (Wildman–Crippen MR) is 107 cm³/mol. The lowest BCUT2D eigenvalue weighted by atomic mass is 9.92. The summed E-state index contributed by atoms with van der Waals surface area (Å²) in [5, 5.41) is 1.78. The van der Waals surface area contributed by atoms with Gasteiger partial charge in [-0.2, -0.15) is 0 Å². The predicted octanol–water partition coefficient (Wildman–Crippen LogP) is 4.32. The van der Waals surface area contributed by atoms with Gasteiger partial charge < -0.3 is 0 Å². The molecule has 0 bridgehead atoms. The zero-order chi connectivity index (χ0) is 19.0. The standard InChI is InChI=1S/C21H21BrN2O3/c1-2-3-9-17-18-19(27-24(17)16-7-5-4-6-8-16)21(26)23(20(18)25)15-12-10-14(22)11-13-15/h4-8,10-13,17-19H,2-3,9H2,1H3/t17-,18-,19+/m1/s1. The second-order valence-electron chi connectivity index (χ2n) is 6.91. The fourth-order valence-electron chi connectivity index (χ4n) is 3.87. The van der Waals surface area contributed by atoms with Crippen LogP contribution >= 0.6 is 15.9 Å². The number of amides is 2. The molecular weight excluding hydrogens is 408 g/mol. The topological polar surface area (TPSA) is 49.9 Å². The first kappa shape index (κ1) is 18.2. The summed E-state index contributed by atoms with van der Waals surface area (Å²) in [5.74, 6) is -0.938. The molecule has 0 unspecified atom stereocenters. The summed E-state index contributed by atoms with van der Waals surface area (Å²) in [7, 11) is 0. The molecule has 2 amide bonds. The lowest BCUT2D eigenvalue weighted by Gasteiger charge is -2.28. The number of hydrogen-bond acceptors (Lipinski definition) is 4. The average molecular weight is 429 g/mol. The molecule has 3 atom stereocenters.